The molecule has 4 heteroatoms. The molecule has 0 saturated carbocycles. The van der Waals surface area contributed by atoms with Gasteiger partial charge in [-0.2, -0.15) is 0 Å². The number of hydrogen-bond donors (Lipinski definition) is 0. The standard InChI is InChI=1S/C6H11NO2S.C2H6/c1-6-5-10(8,9)4-3-7(6)2;1-2/h1,3-5H2,2H3;1-2H3. The van der Waals surface area contributed by atoms with Crippen molar-refractivity contribution in [3.63, 3.8) is 0 Å². The molecular formula is C8H17NO2S. The first-order valence-corrected chi connectivity index (χ1v) is 5.93. The van der Waals surface area contributed by atoms with Crippen molar-refractivity contribution in [2.75, 3.05) is 25.1 Å². The average molecular weight is 191 g/mol. The zero-order valence-electron chi connectivity index (χ0n) is 8.00. The lowest BCUT2D eigenvalue weighted by atomic mass is 10.5. The van der Waals surface area contributed by atoms with Gasteiger partial charge in [-0.05, 0) is 0 Å². The molecule has 0 aromatic heterocycles. The van der Waals surface area contributed by atoms with Crippen LogP contribution in [-0.2, 0) is 9.84 Å². The van der Waals surface area contributed by atoms with E-state index in [0.29, 0.717) is 12.2 Å². The van der Waals surface area contributed by atoms with Crippen molar-refractivity contribution in [2.24, 2.45) is 0 Å². The molecule has 0 atom stereocenters. The van der Waals surface area contributed by atoms with Gasteiger partial charge in [0.2, 0.25) is 0 Å². The molecule has 1 saturated heterocycles. The van der Waals surface area contributed by atoms with Gasteiger partial charge in [-0.3, -0.25) is 0 Å². The summed E-state index contributed by atoms with van der Waals surface area (Å²) in [5.41, 5.74) is 0.700. The highest BCUT2D eigenvalue weighted by atomic mass is 32.2. The highest BCUT2D eigenvalue weighted by Crippen LogP contribution is 2.09. The molecular weight excluding hydrogens is 174 g/mol. The predicted molar refractivity (Wildman–Crippen MR) is 51.8 cm³/mol. The van der Waals surface area contributed by atoms with E-state index >= 15 is 0 Å². The van der Waals surface area contributed by atoms with Crippen LogP contribution in [-0.4, -0.2) is 38.4 Å². The summed E-state index contributed by atoms with van der Waals surface area (Å²) in [5.74, 6) is 0.395. The predicted octanol–water partition coefficient (Wildman–Crippen LogP) is 0.887. The van der Waals surface area contributed by atoms with Crippen molar-refractivity contribution in [1.29, 1.82) is 0 Å². The van der Waals surface area contributed by atoms with Crippen LogP contribution in [0.15, 0.2) is 12.3 Å². The quantitative estimate of drug-likeness (QED) is 0.570. The molecule has 1 aliphatic heterocycles. The van der Waals surface area contributed by atoms with Gasteiger partial charge in [0.1, 0.15) is 0 Å². The normalized spacial score (nSPS) is 21.2. The molecule has 0 aliphatic carbocycles. The maximum Gasteiger partial charge on any atom is 0.157 e. The van der Waals surface area contributed by atoms with Gasteiger partial charge in [-0.1, -0.05) is 20.4 Å². The van der Waals surface area contributed by atoms with E-state index in [0.717, 1.165) is 0 Å². The Bertz CT molecular complexity index is 244. The summed E-state index contributed by atoms with van der Waals surface area (Å²) in [6.45, 7) is 8.22. The van der Waals surface area contributed by atoms with E-state index in [1.165, 1.54) is 0 Å². The molecule has 0 aromatic rings. The van der Waals surface area contributed by atoms with E-state index in [4.69, 9.17) is 0 Å². The molecule has 72 valence electrons. The Balaban J connectivity index is 0.000000561. The van der Waals surface area contributed by atoms with E-state index in [1.807, 2.05) is 25.8 Å². The van der Waals surface area contributed by atoms with Gasteiger partial charge in [-0.15, -0.1) is 0 Å². The summed E-state index contributed by atoms with van der Waals surface area (Å²) in [5, 5.41) is 0. The van der Waals surface area contributed by atoms with Crippen LogP contribution in [0.5, 0.6) is 0 Å². The molecule has 3 nitrogen and oxygen atoms in total. The van der Waals surface area contributed by atoms with Crippen LogP contribution in [0.25, 0.3) is 0 Å². The third-order valence-corrected chi connectivity index (χ3v) is 3.24. The lowest BCUT2D eigenvalue weighted by Crippen LogP contribution is -2.35. The molecule has 12 heavy (non-hydrogen) atoms. The Morgan fingerprint density at radius 1 is 1.42 bits per heavy atom. The summed E-state index contributed by atoms with van der Waals surface area (Å²) in [7, 11) is -0.948. The first-order chi connectivity index (χ1) is 5.51. The molecule has 1 rings (SSSR count). The summed E-state index contributed by atoms with van der Waals surface area (Å²) >= 11 is 0. The third kappa shape index (κ3) is 3.26. The lowest BCUT2D eigenvalue weighted by Gasteiger charge is -2.26. The maximum absolute atomic E-state index is 10.9. The number of nitrogens with zero attached hydrogens (tertiary/aromatic N) is 1. The molecule has 0 radical (unpaired) electrons. The Hall–Kier alpha value is -0.510. The minimum Gasteiger partial charge on any atom is -0.377 e. The zero-order valence-corrected chi connectivity index (χ0v) is 8.82. The van der Waals surface area contributed by atoms with Crippen LogP contribution < -0.4 is 0 Å². The molecule has 0 N–H and O–H groups in total. The average Bonchev–Trinajstić information content (AvgIpc) is 2.01. The minimum absolute atomic E-state index is 0.128. The second-order valence-corrected chi connectivity index (χ2v) is 4.76. The first kappa shape index (κ1) is 11.5. The molecule has 0 spiro atoms. The van der Waals surface area contributed by atoms with E-state index in [1.54, 1.807) is 0 Å². The van der Waals surface area contributed by atoms with Crippen molar-refractivity contribution in [1.82, 2.24) is 4.90 Å². The second kappa shape index (κ2) is 4.50. The molecule has 0 amide bonds. The summed E-state index contributed by atoms with van der Waals surface area (Å²) in [4.78, 5) is 1.88. The monoisotopic (exact) mass is 191 g/mol. The van der Waals surface area contributed by atoms with Gasteiger partial charge in [0, 0.05) is 19.3 Å². The maximum atomic E-state index is 10.9. The van der Waals surface area contributed by atoms with Gasteiger partial charge in [-0.25, -0.2) is 8.42 Å². The SMILES string of the molecule is C=C1CS(=O)(=O)CCN1C.CC. The van der Waals surface area contributed by atoms with Gasteiger partial charge in [0.05, 0.1) is 11.5 Å². The lowest BCUT2D eigenvalue weighted by molar-refractivity contribution is 0.429. The number of rotatable bonds is 0. The largest absolute Gasteiger partial charge is 0.377 e. The smallest absolute Gasteiger partial charge is 0.157 e. The second-order valence-electron chi connectivity index (χ2n) is 2.58. The number of hydrogen-bond acceptors (Lipinski definition) is 3. The molecule has 1 fully saturated rings. The molecule has 0 aromatic carbocycles. The van der Waals surface area contributed by atoms with E-state index in [2.05, 4.69) is 6.58 Å². The summed E-state index contributed by atoms with van der Waals surface area (Å²) < 4.78 is 21.8. The summed E-state index contributed by atoms with van der Waals surface area (Å²) in [6.07, 6.45) is 0. The third-order valence-electron chi connectivity index (χ3n) is 1.66. The molecule has 0 unspecified atom stereocenters. The highest BCUT2D eigenvalue weighted by molar-refractivity contribution is 7.91. The Morgan fingerprint density at radius 2 is 1.92 bits per heavy atom. The fraction of sp³-hybridized carbons (Fsp3) is 0.750. The summed E-state index contributed by atoms with van der Waals surface area (Å²) in [6, 6.07) is 0. The van der Waals surface area contributed by atoms with Crippen molar-refractivity contribution >= 4 is 9.84 Å². The topological polar surface area (TPSA) is 37.4 Å². The van der Waals surface area contributed by atoms with Gasteiger partial charge >= 0.3 is 0 Å². The van der Waals surface area contributed by atoms with Crippen molar-refractivity contribution in [3.8, 4) is 0 Å². The van der Waals surface area contributed by atoms with E-state index in [-0.39, 0.29) is 11.5 Å². The van der Waals surface area contributed by atoms with Gasteiger partial charge < -0.3 is 4.90 Å². The Kier molecular flexibility index (Phi) is 4.31. The van der Waals surface area contributed by atoms with Crippen molar-refractivity contribution in [2.45, 2.75) is 13.8 Å². The fourth-order valence-corrected chi connectivity index (χ4v) is 2.29. The number of sulfone groups is 1. The van der Waals surface area contributed by atoms with Crippen LogP contribution in [0.1, 0.15) is 13.8 Å². The zero-order chi connectivity index (χ0) is 9.78. The molecule has 0 bridgehead atoms. The van der Waals surface area contributed by atoms with Crippen LogP contribution >= 0.6 is 0 Å². The molecule has 1 aliphatic rings. The first-order valence-electron chi connectivity index (χ1n) is 4.10. The van der Waals surface area contributed by atoms with Crippen molar-refractivity contribution in [3.05, 3.63) is 12.3 Å². The molecule has 1 heterocycles. The van der Waals surface area contributed by atoms with Crippen LogP contribution in [0.3, 0.4) is 0 Å². The van der Waals surface area contributed by atoms with Crippen LogP contribution in [0, 0.1) is 0 Å². The highest BCUT2D eigenvalue weighted by Gasteiger charge is 2.21. The van der Waals surface area contributed by atoms with E-state index < -0.39 is 9.84 Å². The fourth-order valence-electron chi connectivity index (χ4n) is 0.870. The van der Waals surface area contributed by atoms with Crippen LogP contribution in [0.2, 0.25) is 0 Å². The van der Waals surface area contributed by atoms with Crippen molar-refractivity contribution < 1.29 is 8.42 Å². The van der Waals surface area contributed by atoms with Crippen LogP contribution in [0.4, 0.5) is 0 Å². The Morgan fingerprint density at radius 3 is 2.25 bits per heavy atom. The van der Waals surface area contributed by atoms with Gasteiger partial charge in [0.15, 0.2) is 9.84 Å². The van der Waals surface area contributed by atoms with Gasteiger partial charge in [0.25, 0.3) is 0 Å². The van der Waals surface area contributed by atoms with E-state index in [9.17, 15) is 8.42 Å². The minimum atomic E-state index is -2.81. The Labute approximate surface area is 75.0 Å².